The number of hydrogen-bond donors (Lipinski definition) is 2. The molecule has 1 aliphatic heterocycles. The number of anilines is 2. The van der Waals surface area contributed by atoms with Gasteiger partial charge in [-0.15, -0.1) is 0 Å². The maximum atomic E-state index is 10.2. The van der Waals surface area contributed by atoms with E-state index >= 15 is 0 Å². The molecule has 3 aromatic rings. The predicted octanol–water partition coefficient (Wildman–Crippen LogP) is 4.56. The van der Waals surface area contributed by atoms with Crippen molar-refractivity contribution in [2.24, 2.45) is 4.99 Å². The Labute approximate surface area is 154 Å². The molecule has 0 bridgehead atoms. The van der Waals surface area contributed by atoms with E-state index in [9.17, 15) is 5.11 Å². The minimum absolute atomic E-state index is 0.0121. The summed E-state index contributed by atoms with van der Waals surface area (Å²) in [5, 5.41) is 14.1. The van der Waals surface area contributed by atoms with E-state index in [1.807, 2.05) is 43.3 Å². The number of nitrogens with zero attached hydrogens (tertiary/aromatic N) is 3. The third kappa shape index (κ3) is 3.04. The Balaban J connectivity index is 1.61. The number of methoxy groups -OCH3 is 1. The first-order valence-electron chi connectivity index (χ1n) is 7.96. The molecule has 0 amide bonds. The highest BCUT2D eigenvalue weighted by molar-refractivity contribution is 7.16. The largest absolute Gasteiger partial charge is 0.497 e. The number of hydrogen-bond acceptors (Lipinski definition) is 7. The number of ether oxygens (including phenoxy) is 1. The number of fused-ring (bicyclic) bond motifs is 1. The van der Waals surface area contributed by atoms with Crippen LogP contribution in [0, 0.1) is 6.92 Å². The van der Waals surface area contributed by atoms with Crippen molar-refractivity contribution < 1.29 is 9.84 Å². The summed E-state index contributed by atoms with van der Waals surface area (Å²) in [6.07, 6.45) is 5.33. The van der Waals surface area contributed by atoms with E-state index in [2.05, 4.69) is 20.3 Å². The highest BCUT2D eigenvalue weighted by atomic mass is 32.1. The molecule has 0 fully saturated rings. The molecule has 0 atom stereocenters. The molecule has 7 heteroatoms. The summed E-state index contributed by atoms with van der Waals surface area (Å²) < 4.78 is 5.22. The van der Waals surface area contributed by atoms with E-state index in [1.165, 1.54) is 11.3 Å². The molecule has 0 spiro atoms. The number of nitrogens with one attached hydrogen (secondary N) is 1. The normalized spacial score (nSPS) is 13.8. The lowest BCUT2D eigenvalue weighted by atomic mass is 10.1. The van der Waals surface area contributed by atoms with E-state index in [4.69, 9.17) is 4.74 Å². The van der Waals surface area contributed by atoms with Crippen LogP contribution in [0.25, 0.3) is 11.6 Å². The van der Waals surface area contributed by atoms with Gasteiger partial charge in [0.1, 0.15) is 5.75 Å². The summed E-state index contributed by atoms with van der Waals surface area (Å²) in [6.45, 7) is 1.99. The summed E-state index contributed by atoms with van der Waals surface area (Å²) in [4.78, 5) is 13.4. The van der Waals surface area contributed by atoms with Gasteiger partial charge in [-0.25, -0.2) is 9.98 Å². The Hall–Kier alpha value is -3.19. The quantitative estimate of drug-likeness (QED) is 0.709. The number of benzene rings is 1. The molecular weight excluding hydrogens is 348 g/mol. The summed E-state index contributed by atoms with van der Waals surface area (Å²) in [5.41, 5.74) is 3.79. The zero-order chi connectivity index (χ0) is 18.1. The number of thiazole rings is 1. The fraction of sp³-hybridized carbons (Fsp3) is 0.105. The molecule has 4 rings (SSSR count). The summed E-state index contributed by atoms with van der Waals surface area (Å²) in [6, 6.07) is 9.57. The first-order valence-corrected chi connectivity index (χ1v) is 8.78. The number of aromatic nitrogens is 2. The fourth-order valence-electron chi connectivity index (χ4n) is 2.67. The average Bonchev–Trinajstić information content (AvgIpc) is 3.21. The van der Waals surface area contributed by atoms with Gasteiger partial charge in [-0.05, 0) is 48.9 Å². The van der Waals surface area contributed by atoms with Crippen LogP contribution in [0.1, 0.15) is 16.0 Å². The Morgan fingerprint density at radius 3 is 2.96 bits per heavy atom. The Morgan fingerprint density at radius 1 is 1.27 bits per heavy atom. The number of aliphatic imine (C=N–C) groups is 1. The molecule has 6 nitrogen and oxygen atoms in total. The Morgan fingerprint density at radius 2 is 2.15 bits per heavy atom. The topological polar surface area (TPSA) is 79.6 Å². The molecule has 1 aliphatic rings. The van der Waals surface area contributed by atoms with Gasteiger partial charge in [-0.2, -0.15) is 4.98 Å². The van der Waals surface area contributed by atoms with Crippen molar-refractivity contribution in [3.05, 3.63) is 52.5 Å². The van der Waals surface area contributed by atoms with E-state index in [1.54, 1.807) is 19.5 Å². The second-order valence-electron chi connectivity index (χ2n) is 5.75. The lowest BCUT2D eigenvalue weighted by Crippen LogP contribution is -1.93. The SMILES string of the molecule is COc1ccc(Nc2nc(O)c(C=C3C=Nc4ncccc43)s2)c(C)c1. The second kappa shape index (κ2) is 6.61. The summed E-state index contributed by atoms with van der Waals surface area (Å²) in [5.74, 6) is 1.48. The van der Waals surface area contributed by atoms with Crippen LogP contribution in [0.4, 0.5) is 16.6 Å². The zero-order valence-corrected chi connectivity index (χ0v) is 15.0. The Kier molecular flexibility index (Phi) is 4.14. The van der Waals surface area contributed by atoms with Crippen LogP contribution in [-0.4, -0.2) is 28.4 Å². The maximum Gasteiger partial charge on any atom is 0.231 e. The highest BCUT2D eigenvalue weighted by Crippen LogP contribution is 2.36. The van der Waals surface area contributed by atoms with Crippen molar-refractivity contribution in [3.63, 3.8) is 0 Å². The lowest BCUT2D eigenvalue weighted by molar-refractivity contribution is 0.414. The molecule has 0 saturated heterocycles. The van der Waals surface area contributed by atoms with Crippen molar-refractivity contribution in [1.29, 1.82) is 0 Å². The molecule has 2 aromatic heterocycles. The van der Waals surface area contributed by atoms with Crippen LogP contribution in [0.15, 0.2) is 41.5 Å². The standard InChI is InChI=1S/C19H16N4O2S/c1-11-8-13(25-2)5-6-15(11)22-19-23-18(24)16(26-19)9-12-10-21-17-14(12)4-3-7-20-17/h3-10,24H,1-2H3,(H,22,23). The number of aryl methyl sites for hydroxylation is 1. The second-order valence-corrected chi connectivity index (χ2v) is 6.78. The summed E-state index contributed by atoms with van der Waals surface area (Å²) in [7, 11) is 1.64. The molecule has 130 valence electrons. The van der Waals surface area contributed by atoms with Crippen LogP contribution in [0.2, 0.25) is 0 Å². The molecule has 0 radical (unpaired) electrons. The van der Waals surface area contributed by atoms with Gasteiger partial charge in [0.05, 0.1) is 12.0 Å². The van der Waals surface area contributed by atoms with Crippen molar-refractivity contribution in [2.75, 3.05) is 12.4 Å². The van der Waals surface area contributed by atoms with E-state index < -0.39 is 0 Å². The number of rotatable bonds is 4. The van der Waals surface area contributed by atoms with Gasteiger partial charge < -0.3 is 15.2 Å². The van der Waals surface area contributed by atoms with Gasteiger partial charge in [-0.3, -0.25) is 0 Å². The van der Waals surface area contributed by atoms with E-state index in [-0.39, 0.29) is 5.88 Å². The maximum absolute atomic E-state index is 10.2. The monoisotopic (exact) mass is 364 g/mol. The van der Waals surface area contributed by atoms with E-state index in [0.717, 1.165) is 28.1 Å². The zero-order valence-electron chi connectivity index (χ0n) is 14.2. The smallest absolute Gasteiger partial charge is 0.231 e. The van der Waals surface area contributed by atoms with Crippen molar-refractivity contribution in [1.82, 2.24) is 9.97 Å². The molecule has 26 heavy (non-hydrogen) atoms. The van der Waals surface area contributed by atoms with E-state index in [0.29, 0.717) is 15.8 Å². The molecule has 0 unspecified atom stereocenters. The van der Waals surface area contributed by atoms with Crippen LogP contribution in [0.5, 0.6) is 11.6 Å². The van der Waals surface area contributed by atoms with Gasteiger partial charge in [0.2, 0.25) is 5.88 Å². The van der Waals surface area contributed by atoms with Crippen molar-refractivity contribution >= 4 is 45.8 Å². The Bertz CT molecular complexity index is 1040. The van der Waals surface area contributed by atoms with Crippen molar-refractivity contribution in [2.45, 2.75) is 6.92 Å². The number of pyridine rings is 1. The highest BCUT2D eigenvalue weighted by Gasteiger charge is 2.15. The minimum Gasteiger partial charge on any atom is -0.497 e. The molecule has 0 saturated carbocycles. The first kappa shape index (κ1) is 16.3. The lowest BCUT2D eigenvalue weighted by Gasteiger charge is -2.08. The minimum atomic E-state index is -0.0121. The average molecular weight is 364 g/mol. The van der Waals surface area contributed by atoms with Gasteiger partial charge in [-0.1, -0.05) is 11.3 Å². The van der Waals surface area contributed by atoms with Crippen LogP contribution < -0.4 is 10.1 Å². The van der Waals surface area contributed by atoms with Gasteiger partial charge in [0, 0.05) is 29.2 Å². The summed E-state index contributed by atoms with van der Waals surface area (Å²) >= 11 is 1.37. The third-order valence-electron chi connectivity index (χ3n) is 4.02. The fourth-order valence-corrected chi connectivity index (χ4v) is 3.50. The molecule has 1 aromatic carbocycles. The predicted molar refractivity (Wildman–Crippen MR) is 105 cm³/mol. The van der Waals surface area contributed by atoms with Crippen LogP contribution >= 0.6 is 11.3 Å². The number of aromatic hydroxyl groups is 1. The van der Waals surface area contributed by atoms with Gasteiger partial charge >= 0.3 is 0 Å². The first-order chi connectivity index (χ1) is 12.6. The molecule has 2 N–H and O–H groups in total. The van der Waals surface area contributed by atoms with Gasteiger partial charge in [0.25, 0.3) is 0 Å². The molecule has 3 heterocycles. The molecular formula is C19H16N4O2S. The van der Waals surface area contributed by atoms with Crippen LogP contribution in [-0.2, 0) is 0 Å². The van der Waals surface area contributed by atoms with Crippen LogP contribution in [0.3, 0.4) is 0 Å². The van der Waals surface area contributed by atoms with Crippen molar-refractivity contribution in [3.8, 4) is 11.6 Å². The molecule has 0 aliphatic carbocycles. The third-order valence-corrected chi connectivity index (χ3v) is 4.93. The number of allylic oxidation sites excluding steroid dienone is 1. The van der Waals surface area contributed by atoms with Gasteiger partial charge in [0.15, 0.2) is 10.9 Å².